The SMILES string of the molecule is C#CCOc1cc(F)c(-c2[c-]cc(C)c(=O)n2CC(F)F)c(F)c1.[Y]. The number of rotatable bonds is 5. The Morgan fingerprint density at radius 1 is 1.32 bits per heavy atom. The molecule has 0 saturated heterocycles. The Morgan fingerprint density at radius 3 is 2.44 bits per heavy atom. The first-order chi connectivity index (χ1) is 11.3. The fourth-order valence-electron chi connectivity index (χ4n) is 2.13. The number of hydrogen-bond donors (Lipinski definition) is 0. The van der Waals surface area contributed by atoms with Gasteiger partial charge >= 0.3 is 0 Å². The molecule has 1 aromatic heterocycles. The second-order valence-corrected chi connectivity index (χ2v) is 4.88. The number of aryl methyl sites for hydroxylation is 1. The molecule has 0 aliphatic rings. The molecule has 25 heavy (non-hydrogen) atoms. The van der Waals surface area contributed by atoms with E-state index in [4.69, 9.17) is 11.2 Å². The largest absolute Gasteiger partial charge is 0.481 e. The van der Waals surface area contributed by atoms with Crippen molar-refractivity contribution < 1.29 is 55.0 Å². The Morgan fingerprint density at radius 2 is 1.92 bits per heavy atom. The maximum atomic E-state index is 14.3. The Labute approximate surface area is 166 Å². The van der Waals surface area contributed by atoms with E-state index in [1.54, 1.807) is 0 Å². The maximum absolute atomic E-state index is 14.3. The standard InChI is InChI=1S/C17H12F4NO2.Y/c1-3-6-24-11-7-12(18)16(13(19)8-11)14-5-4-10(2)17(23)22(14)9-15(20)21;/h1,4,7-8,15H,6,9H2,2H3;/q-1;. The number of aromatic nitrogens is 1. The summed E-state index contributed by atoms with van der Waals surface area (Å²) < 4.78 is 59.6. The third-order valence-corrected chi connectivity index (χ3v) is 3.17. The van der Waals surface area contributed by atoms with Crippen LogP contribution in [0, 0.1) is 37.0 Å². The molecule has 0 aliphatic carbocycles. The van der Waals surface area contributed by atoms with Gasteiger partial charge in [0, 0.05) is 44.8 Å². The average Bonchev–Trinajstić information content (AvgIpc) is 2.51. The second kappa shape index (κ2) is 9.16. The van der Waals surface area contributed by atoms with Crippen molar-refractivity contribution in [3.63, 3.8) is 0 Å². The van der Waals surface area contributed by atoms with E-state index in [-0.39, 0.29) is 50.6 Å². The zero-order chi connectivity index (χ0) is 17.9. The van der Waals surface area contributed by atoms with Crippen LogP contribution in [0.15, 0.2) is 23.0 Å². The van der Waals surface area contributed by atoms with Crippen molar-refractivity contribution >= 4 is 0 Å². The van der Waals surface area contributed by atoms with E-state index < -0.39 is 41.4 Å². The van der Waals surface area contributed by atoms with E-state index in [2.05, 4.69) is 12.0 Å². The normalized spacial score (nSPS) is 10.3. The minimum Gasteiger partial charge on any atom is -0.481 e. The van der Waals surface area contributed by atoms with Crippen LogP contribution in [-0.4, -0.2) is 17.6 Å². The summed E-state index contributed by atoms with van der Waals surface area (Å²) >= 11 is 0. The summed E-state index contributed by atoms with van der Waals surface area (Å²) in [6.45, 7) is 0.208. The van der Waals surface area contributed by atoms with Crippen LogP contribution in [0.5, 0.6) is 5.75 Å². The van der Waals surface area contributed by atoms with Crippen LogP contribution in [0.4, 0.5) is 17.6 Å². The first-order valence-electron chi connectivity index (χ1n) is 6.81. The summed E-state index contributed by atoms with van der Waals surface area (Å²) in [7, 11) is 0. The van der Waals surface area contributed by atoms with Crippen LogP contribution in [0.2, 0.25) is 0 Å². The molecular weight excluding hydrogens is 415 g/mol. The fraction of sp³-hybridized carbons (Fsp3) is 0.235. The molecule has 0 atom stereocenters. The van der Waals surface area contributed by atoms with Crippen LogP contribution in [0.3, 0.4) is 0 Å². The quantitative estimate of drug-likeness (QED) is 0.417. The Kier molecular flexibility index (Phi) is 7.84. The Bertz CT molecular complexity index is 836. The Hall–Kier alpha value is -1.65. The van der Waals surface area contributed by atoms with Crippen molar-refractivity contribution in [2.24, 2.45) is 0 Å². The number of benzene rings is 1. The molecule has 0 N–H and O–H groups in total. The van der Waals surface area contributed by atoms with E-state index in [1.807, 2.05) is 0 Å². The van der Waals surface area contributed by atoms with Gasteiger partial charge in [0.25, 0.3) is 6.43 Å². The van der Waals surface area contributed by atoms with Crippen molar-refractivity contribution in [3.8, 4) is 29.4 Å². The number of hydrogen-bond acceptors (Lipinski definition) is 2. The van der Waals surface area contributed by atoms with Gasteiger partial charge in [0.15, 0.2) is 5.56 Å². The van der Waals surface area contributed by atoms with Gasteiger partial charge in [-0.05, 0) is 5.56 Å². The fourth-order valence-corrected chi connectivity index (χ4v) is 2.13. The zero-order valence-electron chi connectivity index (χ0n) is 13.2. The molecule has 0 amide bonds. The van der Waals surface area contributed by atoms with E-state index in [0.29, 0.717) is 4.57 Å². The minimum atomic E-state index is -2.87. The molecule has 0 saturated carbocycles. The van der Waals surface area contributed by atoms with Crippen molar-refractivity contribution in [2.75, 3.05) is 6.61 Å². The third-order valence-electron chi connectivity index (χ3n) is 3.17. The van der Waals surface area contributed by atoms with Gasteiger partial charge in [-0.1, -0.05) is 24.1 Å². The van der Waals surface area contributed by atoms with E-state index >= 15 is 0 Å². The van der Waals surface area contributed by atoms with Gasteiger partial charge in [-0.25, -0.2) is 17.6 Å². The molecule has 1 radical (unpaired) electrons. The van der Waals surface area contributed by atoms with Gasteiger partial charge in [0.05, 0.1) is 18.2 Å². The van der Waals surface area contributed by atoms with E-state index in [9.17, 15) is 22.4 Å². The monoisotopic (exact) mass is 427 g/mol. The predicted molar refractivity (Wildman–Crippen MR) is 80.0 cm³/mol. The minimum absolute atomic E-state index is 0. The van der Waals surface area contributed by atoms with E-state index in [1.165, 1.54) is 13.0 Å². The van der Waals surface area contributed by atoms with Crippen molar-refractivity contribution in [3.05, 3.63) is 51.8 Å². The molecule has 2 aromatic rings. The number of nitrogens with zero attached hydrogens (tertiary/aromatic N) is 1. The van der Waals surface area contributed by atoms with Crippen LogP contribution in [-0.2, 0) is 39.3 Å². The van der Waals surface area contributed by atoms with Crippen LogP contribution < -0.4 is 10.3 Å². The third kappa shape index (κ3) is 4.93. The molecule has 1 aromatic carbocycles. The van der Waals surface area contributed by atoms with Crippen LogP contribution in [0.1, 0.15) is 5.56 Å². The molecule has 8 heteroatoms. The summed E-state index contributed by atoms with van der Waals surface area (Å²) in [6, 6.07) is 5.41. The van der Waals surface area contributed by atoms with Crippen molar-refractivity contribution in [1.82, 2.24) is 4.57 Å². The van der Waals surface area contributed by atoms with Gasteiger partial charge in [-0.15, -0.1) is 6.42 Å². The van der Waals surface area contributed by atoms with Gasteiger partial charge < -0.3 is 9.30 Å². The summed E-state index contributed by atoms with van der Waals surface area (Å²) in [4.78, 5) is 12.0. The summed E-state index contributed by atoms with van der Waals surface area (Å²) in [5.74, 6) is -0.166. The molecule has 0 unspecified atom stereocenters. The summed E-state index contributed by atoms with van der Waals surface area (Å²) in [5, 5.41) is 0. The van der Waals surface area contributed by atoms with Gasteiger partial charge in [0.1, 0.15) is 12.4 Å². The number of ether oxygens (including phenoxy) is 1. The van der Waals surface area contributed by atoms with Crippen molar-refractivity contribution in [2.45, 2.75) is 19.9 Å². The number of alkyl halides is 2. The predicted octanol–water partition coefficient (Wildman–Crippen LogP) is 3.18. The zero-order valence-corrected chi connectivity index (χ0v) is 16.0. The van der Waals surface area contributed by atoms with Crippen molar-refractivity contribution in [1.29, 1.82) is 0 Å². The molecular formula is C17H12F4NO2Y-. The smallest absolute Gasteiger partial charge is 0.256 e. The number of pyridine rings is 1. The molecule has 2 rings (SSSR count). The maximum Gasteiger partial charge on any atom is 0.256 e. The molecule has 0 bridgehead atoms. The second-order valence-electron chi connectivity index (χ2n) is 4.88. The van der Waals surface area contributed by atoms with Crippen LogP contribution >= 0.6 is 0 Å². The molecule has 3 nitrogen and oxygen atoms in total. The van der Waals surface area contributed by atoms with Gasteiger partial charge in [-0.2, -0.15) is 12.1 Å². The molecule has 129 valence electrons. The molecule has 1 heterocycles. The van der Waals surface area contributed by atoms with Gasteiger partial charge in [-0.3, -0.25) is 4.79 Å². The molecule has 0 fully saturated rings. The number of halogens is 4. The topological polar surface area (TPSA) is 31.2 Å². The first-order valence-corrected chi connectivity index (χ1v) is 6.81. The number of terminal acetylenes is 1. The molecule has 0 aliphatic heterocycles. The molecule has 0 spiro atoms. The van der Waals surface area contributed by atoms with E-state index in [0.717, 1.165) is 12.1 Å². The first kappa shape index (κ1) is 21.4. The summed E-state index contributed by atoms with van der Waals surface area (Å²) in [6.07, 6.45) is 2.12. The Balaban J connectivity index is 0.00000312. The van der Waals surface area contributed by atoms with Gasteiger partial charge in [0.2, 0.25) is 0 Å². The summed E-state index contributed by atoms with van der Waals surface area (Å²) in [5.41, 5.74) is -1.67. The average molecular weight is 427 g/mol. The van der Waals surface area contributed by atoms with Crippen LogP contribution in [0.25, 0.3) is 11.3 Å².